The second-order valence-electron chi connectivity index (χ2n) is 4.17. The molecular weight excluding hydrogens is 218 g/mol. The smallest absolute Gasteiger partial charge is 0.0762 e. The topological polar surface area (TPSA) is 29.9 Å². The maximum Gasteiger partial charge on any atom is 0.0762 e. The van der Waals surface area contributed by atoms with Crippen LogP contribution < -0.4 is 5.32 Å². The largest absolute Gasteiger partial charge is 0.309 e. The number of nitrogens with one attached hydrogen (secondary N) is 1. The molecule has 0 saturated heterocycles. The van der Waals surface area contributed by atoms with Crippen LogP contribution in [0.25, 0.3) is 0 Å². The van der Waals surface area contributed by atoms with E-state index in [1.807, 2.05) is 10.9 Å². The Balaban J connectivity index is 1.92. The summed E-state index contributed by atoms with van der Waals surface area (Å²) in [6, 6.07) is 4.71. The number of aromatic nitrogens is 2. The number of rotatable bonds is 5. The minimum absolute atomic E-state index is 0.502. The van der Waals surface area contributed by atoms with Crippen molar-refractivity contribution < 1.29 is 0 Å². The molecule has 4 heteroatoms. The van der Waals surface area contributed by atoms with E-state index in [4.69, 9.17) is 0 Å². The monoisotopic (exact) mass is 235 g/mol. The van der Waals surface area contributed by atoms with Crippen molar-refractivity contribution in [3.05, 3.63) is 40.3 Å². The average molecular weight is 235 g/mol. The van der Waals surface area contributed by atoms with E-state index < -0.39 is 0 Å². The predicted molar refractivity (Wildman–Crippen MR) is 67.6 cm³/mol. The summed E-state index contributed by atoms with van der Waals surface area (Å²) in [5, 5.41) is 12.1. The molecule has 2 rings (SSSR count). The molecule has 0 saturated carbocycles. The molecule has 16 heavy (non-hydrogen) atoms. The van der Waals surface area contributed by atoms with Crippen molar-refractivity contribution in [1.29, 1.82) is 0 Å². The van der Waals surface area contributed by atoms with E-state index in [0.717, 1.165) is 18.8 Å². The van der Waals surface area contributed by atoms with Gasteiger partial charge in [-0.2, -0.15) is 16.4 Å². The second kappa shape index (κ2) is 5.27. The zero-order valence-corrected chi connectivity index (χ0v) is 10.5. The highest BCUT2D eigenvalue weighted by Crippen LogP contribution is 2.08. The third kappa shape index (κ3) is 3.18. The molecule has 2 heterocycles. The summed E-state index contributed by atoms with van der Waals surface area (Å²) in [6.07, 6.45) is 2.04. The molecule has 0 radical (unpaired) electrons. The highest BCUT2D eigenvalue weighted by molar-refractivity contribution is 7.07. The third-order valence-corrected chi connectivity index (χ3v) is 3.04. The fourth-order valence-corrected chi connectivity index (χ4v) is 2.12. The molecular formula is C12H17N3S. The summed E-state index contributed by atoms with van der Waals surface area (Å²) in [6.45, 7) is 5.99. The molecule has 3 nitrogen and oxygen atoms in total. The van der Waals surface area contributed by atoms with Crippen molar-refractivity contribution in [2.24, 2.45) is 0 Å². The lowest BCUT2D eigenvalue weighted by molar-refractivity contribution is 0.570. The minimum atomic E-state index is 0.502. The van der Waals surface area contributed by atoms with Gasteiger partial charge in [-0.3, -0.25) is 4.68 Å². The second-order valence-corrected chi connectivity index (χ2v) is 4.95. The van der Waals surface area contributed by atoms with Crippen LogP contribution in [0.4, 0.5) is 0 Å². The van der Waals surface area contributed by atoms with Gasteiger partial charge < -0.3 is 5.32 Å². The number of thiophene rings is 1. The van der Waals surface area contributed by atoms with Crippen molar-refractivity contribution in [2.45, 2.75) is 33.0 Å². The zero-order chi connectivity index (χ0) is 11.4. The van der Waals surface area contributed by atoms with Crippen molar-refractivity contribution in [3.63, 3.8) is 0 Å². The van der Waals surface area contributed by atoms with Crippen molar-refractivity contribution in [2.75, 3.05) is 0 Å². The molecule has 2 aromatic rings. The summed E-state index contributed by atoms with van der Waals surface area (Å²) >= 11 is 1.73. The highest BCUT2D eigenvalue weighted by atomic mass is 32.1. The van der Waals surface area contributed by atoms with Crippen LogP contribution in [0.3, 0.4) is 0 Å². The Labute approximate surface area is 100 Å². The number of hydrogen-bond acceptors (Lipinski definition) is 3. The van der Waals surface area contributed by atoms with Gasteiger partial charge in [0, 0.05) is 18.8 Å². The predicted octanol–water partition coefficient (Wildman–Crippen LogP) is 2.49. The Morgan fingerprint density at radius 2 is 2.31 bits per heavy atom. The Bertz CT molecular complexity index is 417. The van der Waals surface area contributed by atoms with Crippen molar-refractivity contribution in [3.8, 4) is 0 Å². The summed E-state index contributed by atoms with van der Waals surface area (Å²) in [7, 11) is 0. The van der Waals surface area contributed by atoms with Gasteiger partial charge in [0.1, 0.15) is 0 Å². The van der Waals surface area contributed by atoms with Gasteiger partial charge >= 0.3 is 0 Å². The van der Waals surface area contributed by atoms with E-state index >= 15 is 0 Å². The first-order valence-corrected chi connectivity index (χ1v) is 6.45. The van der Waals surface area contributed by atoms with Gasteiger partial charge in [-0.1, -0.05) is 13.8 Å². The van der Waals surface area contributed by atoms with Gasteiger partial charge in [0.15, 0.2) is 0 Å². The summed E-state index contributed by atoms with van der Waals surface area (Å²) in [4.78, 5) is 0. The lowest BCUT2D eigenvalue weighted by Gasteiger charge is -2.05. The van der Waals surface area contributed by atoms with Gasteiger partial charge in [-0.25, -0.2) is 0 Å². The zero-order valence-electron chi connectivity index (χ0n) is 9.68. The van der Waals surface area contributed by atoms with E-state index in [-0.39, 0.29) is 0 Å². The maximum absolute atomic E-state index is 4.52. The lowest BCUT2D eigenvalue weighted by Crippen LogP contribution is -2.22. The highest BCUT2D eigenvalue weighted by Gasteiger charge is 2.01. The molecule has 0 aliphatic rings. The molecule has 86 valence electrons. The number of nitrogens with zero attached hydrogens (tertiary/aromatic N) is 2. The van der Waals surface area contributed by atoms with Crippen molar-refractivity contribution >= 4 is 11.3 Å². The quantitative estimate of drug-likeness (QED) is 0.863. The van der Waals surface area contributed by atoms with Crippen LogP contribution in [0.1, 0.15) is 25.1 Å². The Morgan fingerprint density at radius 3 is 3.00 bits per heavy atom. The first-order chi connectivity index (χ1) is 7.74. The number of hydrogen-bond donors (Lipinski definition) is 1. The molecule has 0 aliphatic heterocycles. The summed E-state index contributed by atoms with van der Waals surface area (Å²) in [5.74, 6) is 0. The molecule has 0 aromatic carbocycles. The Hall–Kier alpha value is -1.13. The molecule has 2 aromatic heterocycles. The van der Waals surface area contributed by atoms with Crippen LogP contribution in [-0.4, -0.2) is 15.8 Å². The molecule has 0 unspecified atom stereocenters. The van der Waals surface area contributed by atoms with Gasteiger partial charge in [-0.05, 0) is 28.5 Å². The van der Waals surface area contributed by atoms with Crippen molar-refractivity contribution in [1.82, 2.24) is 15.1 Å². The van der Waals surface area contributed by atoms with Gasteiger partial charge in [0.2, 0.25) is 0 Å². The van der Waals surface area contributed by atoms with E-state index in [1.54, 1.807) is 11.3 Å². The van der Waals surface area contributed by atoms with E-state index in [9.17, 15) is 0 Å². The van der Waals surface area contributed by atoms with Gasteiger partial charge in [-0.15, -0.1) is 0 Å². The lowest BCUT2D eigenvalue weighted by atomic mass is 10.3. The molecule has 1 N–H and O–H groups in total. The standard InChI is InChI=1S/C12H17N3S/c1-10(2)13-7-12-3-5-15(14-12)8-11-4-6-16-9-11/h3-6,9-10,13H,7-8H2,1-2H3. The molecule has 0 bridgehead atoms. The Kier molecular flexibility index (Phi) is 3.74. The van der Waals surface area contributed by atoms with E-state index in [2.05, 4.69) is 47.2 Å². The first kappa shape index (κ1) is 11.4. The van der Waals surface area contributed by atoms with Crippen LogP contribution in [0.2, 0.25) is 0 Å². The van der Waals surface area contributed by atoms with Crippen LogP contribution in [0, 0.1) is 0 Å². The molecule has 0 aliphatic carbocycles. The van der Waals surface area contributed by atoms with Crippen LogP contribution in [0.5, 0.6) is 0 Å². The van der Waals surface area contributed by atoms with Gasteiger partial charge in [0.25, 0.3) is 0 Å². The molecule has 0 atom stereocenters. The summed E-state index contributed by atoms with van der Waals surface area (Å²) in [5.41, 5.74) is 2.42. The summed E-state index contributed by atoms with van der Waals surface area (Å²) < 4.78 is 1.99. The third-order valence-electron chi connectivity index (χ3n) is 2.31. The average Bonchev–Trinajstić information content (AvgIpc) is 2.87. The van der Waals surface area contributed by atoms with Gasteiger partial charge in [0.05, 0.1) is 12.2 Å². The minimum Gasteiger partial charge on any atom is -0.309 e. The SMILES string of the molecule is CC(C)NCc1ccn(Cc2ccsc2)n1. The molecule has 0 spiro atoms. The van der Waals surface area contributed by atoms with Crippen LogP contribution >= 0.6 is 11.3 Å². The fourth-order valence-electron chi connectivity index (χ4n) is 1.46. The van der Waals surface area contributed by atoms with Crippen LogP contribution in [-0.2, 0) is 13.1 Å². The first-order valence-electron chi connectivity index (χ1n) is 5.51. The Morgan fingerprint density at radius 1 is 1.44 bits per heavy atom. The normalized spacial score (nSPS) is 11.2. The fraction of sp³-hybridized carbons (Fsp3) is 0.417. The van der Waals surface area contributed by atoms with E-state index in [1.165, 1.54) is 5.56 Å². The molecule has 0 fully saturated rings. The van der Waals surface area contributed by atoms with Crippen LogP contribution in [0.15, 0.2) is 29.1 Å². The van der Waals surface area contributed by atoms with E-state index in [0.29, 0.717) is 6.04 Å². The maximum atomic E-state index is 4.52. The molecule has 0 amide bonds.